The molecule has 0 fully saturated rings. The van der Waals surface area contributed by atoms with Gasteiger partial charge < -0.3 is 14.6 Å². The van der Waals surface area contributed by atoms with Crippen molar-refractivity contribution < 1.29 is 28.6 Å². The lowest BCUT2D eigenvalue weighted by atomic mass is 10.1. The van der Waals surface area contributed by atoms with Crippen LogP contribution in [0.15, 0.2) is 66.6 Å². The zero-order valence-electron chi connectivity index (χ0n) is 18.9. The van der Waals surface area contributed by atoms with Crippen molar-refractivity contribution in [2.75, 3.05) is 6.61 Å². The minimum absolute atomic E-state index is 0.114. The summed E-state index contributed by atoms with van der Waals surface area (Å²) in [4.78, 5) is 28.9. The number of hydrogen-bond acceptors (Lipinski definition) is 6. The summed E-state index contributed by atoms with van der Waals surface area (Å²) in [5.41, 5.74) is 1.38. The molecule has 35 heavy (non-hydrogen) atoms. The Labute approximate surface area is 223 Å². The summed E-state index contributed by atoms with van der Waals surface area (Å²) in [6.07, 6.45) is 2.52. The summed E-state index contributed by atoms with van der Waals surface area (Å²) in [6.45, 7) is 3.87. The first-order valence-corrected chi connectivity index (χ1v) is 13.1. The van der Waals surface area contributed by atoms with Crippen LogP contribution in [0.2, 0.25) is 0 Å². The highest BCUT2D eigenvalue weighted by Gasteiger charge is 2.33. The summed E-state index contributed by atoms with van der Waals surface area (Å²) in [5.74, 6) is -1.17. The molecule has 0 saturated carbocycles. The van der Waals surface area contributed by atoms with Crippen LogP contribution >= 0.6 is 43.6 Å². The van der Waals surface area contributed by atoms with Gasteiger partial charge in [0.25, 0.3) is 0 Å². The molecule has 2 aromatic carbocycles. The molecule has 6 nitrogen and oxygen atoms in total. The lowest BCUT2D eigenvalue weighted by Crippen LogP contribution is -2.14. The van der Waals surface area contributed by atoms with Gasteiger partial charge in [-0.25, -0.2) is 14.2 Å². The van der Waals surface area contributed by atoms with Crippen LogP contribution in [-0.4, -0.2) is 28.6 Å². The van der Waals surface area contributed by atoms with Gasteiger partial charge in [0.2, 0.25) is 5.91 Å². The standard InChI is InChI=1S/C25H22Br2FNO5S/c1-3-5-20(30)29-24-21(25(32)33-4-2)22(31)19(35-24)12-15-10-17(26)23(18(27)11-15)34-13-14-6-8-16(28)9-7-14/h6-12,31H,3-5,13H2,1-2H3/b19-12-,29-24?. The van der Waals surface area contributed by atoms with E-state index in [1.165, 1.54) is 12.1 Å². The van der Waals surface area contributed by atoms with Gasteiger partial charge in [-0.05, 0) is 86.7 Å². The summed E-state index contributed by atoms with van der Waals surface area (Å²) in [7, 11) is 0. The van der Waals surface area contributed by atoms with Crippen LogP contribution in [-0.2, 0) is 20.9 Å². The zero-order valence-corrected chi connectivity index (χ0v) is 22.9. The van der Waals surface area contributed by atoms with Gasteiger partial charge >= 0.3 is 5.97 Å². The monoisotopic (exact) mass is 625 g/mol. The average Bonchev–Trinajstić information content (AvgIpc) is 3.09. The fourth-order valence-corrected chi connectivity index (χ4v) is 5.55. The molecule has 0 unspecified atom stereocenters. The van der Waals surface area contributed by atoms with Gasteiger partial charge in [-0.2, -0.15) is 0 Å². The van der Waals surface area contributed by atoms with Crippen LogP contribution in [0.3, 0.4) is 0 Å². The molecule has 0 radical (unpaired) electrons. The van der Waals surface area contributed by atoms with Gasteiger partial charge in [-0.1, -0.05) is 30.8 Å². The first-order valence-electron chi connectivity index (χ1n) is 10.7. The number of ether oxygens (including phenoxy) is 2. The maximum atomic E-state index is 13.1. The Kier molecular flexibility index (Phi) is 9.71. The second-order valence-electron chi connectivity index (χ2n) is 7.34. The molecular weight excluding hydrogens is 605 g/mol. The van der Waals surface area contributed by atoms with E-state index in [4.69, 9.17) is 9.47 Å². The molecule has 0 spiro atoms. The predicted molar refractivity (Wildman–Crippen MR) is 142 cm³/mol. The summed E-state index contributed by atoms with van der Waals surface area (Å²) < 4.78 is 25.3. The van der Waals surface area contributed by atoms with Gasteiger partial charge in [0, 0.05) is 6.42 Å². The lowest BCUT2D eigenvalue weighted by molar-refractivity contribution is -0.138. The summed E-state index contributed by atoms with van der Waals surface area (Å²) in [5, 5.41) is 10.9. The van der Waals surface area contributed by atoms with Crippen LogP contribution in [0.1, 0.15) is 37.8 Å². The average molecular weight is 627 g/mol. The fraction of sp³-hybridized carbons (Fsp3) is 0.240. The molecule has 0 bridgehead atoms. The largest absolute Gasteiger partial charge is 0.506 e. The Morgan fingerprint density at radius 2 is 1.80 bits per heavy atom. The van der Waals surface area contributed by atoms with E-state index in [-0.39, 0.29) is 47.7 Å². The van der Waals surface area contributed by atoms with Crippen molar-refractivity contribution in [1.82, 2.24) is 0 Å². The molecule has 1 aliphatic heterocycles. The third-order valence-corrected chi connectivity index (χ3v) is 6.87. The molecule has 0 aromatic heterocycles. The topological polar surface area (TPSA) is 85.2 Å². The number of esters is 1. The molecule has 3 rings (SSSR count). The number of nitrogens with zero attached hydrogens (tertiary/aromatic N) is 1. The smallest absolute Gasteiger partial charge is 0.344 e. The van der Waals surface area contributed by atoms with Crippen LogP contribution < -0.4 is 4.74 Å². The van der Waals surface area contributed by atoms with Crippen LogP contribution in [0.25, 0.3) is 6.08 Å². The number of halogens is 3. The molecule has 0 saturated heterocycles. The van der Waals surface area contributed by atoms with Crippen LogP contribution in [0.5, 0.6) is 5.75 Å². The lowest BCUT2D eigenvalue weighted by Gasteiger charge is -2.12. The Hall–Kier alpha value is -2.43. The van der Waals surface area contributed by atoms with Crippen LogP contribution in [0.4, 0.5) is 4.39 Å². The molecule has 10 heteroatoms. The molecule has 184 valence electrons. The van der Waals surface area contributed by atoms with Crippen LogP contribution in [0, 0.1) is 5.82 Å². The van der Waals surface area contributed by atoms with Gasteiger partial charge in [-0.3, -0.25) is 4.79 Å². The second-order valence-corrected chi connectivity index (χ2v) is 10.1. The van der Waals surface area contributed by atoms with E-state index in [1.807, 2.05) is 6.92 Å². The number of carbonyl (C=O) groups is 2. The fourth-order valence-electron chi connectivity index (χ4n) is 3.06. The molecule has 1 N–H and O–H groups in total. The highest BCUT2D eigenvalue weighted by atomic mass is 79.9. The Balaban J connectivity index is 1.88. The van der Waals surface area contributed by atoms with E-state index < -0.39 is 5.97 Å². The highest BCUT2D eigenvalue weighted by Crippen LogP contribution is 2.41. The first kappa shape index (κ1) is 27.2. The van der Waals surface area contributed by atoms with Crippen molar-refractivity contribution in [3.63, 3.8) is 0 Å². The summed E-state index contributed by atoms with van der Waals surface area (Å²) >= 11 is 8.02. The molecule has 1 aliphatic rings. The van der Waals surface area contributed by atoms with E-state index in [9.17, 15) is 19.1 Å². The van der Waals surface area contributed by atoms with Gasteiger partial charge in [0.05, 0.1) is 20.5 Å². The number of thioether (sulfide) groups is 1. The van der Waals surface area contributed by atoms with Gasteiger partial charge in [0.15, 0.2) is 0 Å². The molecule has 0 aliphatic carbocycles. The minimum atomic E-state index is -0.740. The number of aliphatic imine (C=N–C) groups is 1. The molecule has 1 amide bonds. The van der Waals surface area contributed by atoms with E-state index >= 15 is 0 Å². The minimum Gasteiger partial charge on any atom is -0.506 e. The number of aliphatic hydroxyl groups is 1. The third kappa shape index (κ3) is 7.05. The van der Waals surface area contributed by atoms with Crippen molar-refractivity contribution in [3.05, 3.63) is 78.5 Å². The zero-order chi connectivity index (χ0) is 25.5. The van der Waals surface area contributed by atoms with E-state index in [1.54, 1.807) is 37.3 Å². The Bertz CT molecular complexity index is 1200. The number of amides is 1. The number of aliphatic hydroxyl groups excluding tert-OH is 1. The second kappa shape index (κ2) is 12.5. The quantitative estimate of drug-likeness (QED) is 0.314. The predicted octanol–water partition coefficient (Wildman–Crippen LogP) is 7.12. The van der Waals surface area contributed by atoms with E-state index in [0.29, 0.717) is 31.6 Å². The number of hydrogen-bond donors (Lipinski definition) is 1. The highest BCUT2D eigenvalue weighted by molar-refractivity contribution is 9.11. The van der Waals surface area contributed by atoms with Crippen molar-refractivity contribution in [1.29, 1.82) is 0 Å². The van der Waals surface area contributed by atoms with Gasteiger partial charge in [-0.15, -0.1) is 0 Å². The van der Waals surface area contributed by atoms with Crippen molar-refractivity contribution in [2.24, 2.45) is 4.99 Å². The maximum absolute atomic E-state index is 13.1. The van der Waals surface area contributed by atoms with E-state index in [0.717, 1.165) is 17.3 Å². The van der Waals surface area contributed by atoms with Crippen molar-refractivity contribution in [3.8, 4) is 5.75 Å². The van der Waals surface area contributed by atoms with Gasteiger partial charge in [0.1, 0.15) is 34.5 Å². The number of benzene rings is 2. The first-order chi connectivity index (χ1) is 16.7. The SMILES string of the molecule is CCCC(=O)N=C1S/C(=C\c2cc(Br)c(OCc3ccc(F)cc3)c(Br)c2)C(O)=C1C(=O)OCC. The Morgan fingerprint density at radius 1 is 1.14 bits per heavy atom. The molecule has 1 heterocycles. The third-order valence-electron chi connectivity index (χ3n) is 4.68. The Morgan fingerprint density at radius 3 is 2.40 bits per heavy atom. The molecule has 2 aromatic rings. The van der Waals surface area contributed by atoms with E-state index in [2.05, 4.69) is 36.9 Å². The number of rotatable bonds is 8. The normalized spacial score (nSPS) is 15.7. The van der Waals surface area contributed by atoms with Crippen molar-refractivity contribution in [2.45, 2.75) is 33.3 Å². The summed E-state index contributed by atoms with van der Waals surface area (Å²) in [6, 6.07) is 9.60. The maximum Gasteiger partial charge on any atom is 0.344 e. The van der Waals surface area contributed by atoms with Crippen molar-refractivity contribution >= 4 is 66.6 Å². The molecule has 0 atom stereocenters. The number of carbonyl (C=O) groups excluding carboxylic acids is 2. The molecular formula is C25H22Br2FNO5S.